The van der Waals surface area contributed by atoms with Crippen LogP contribution in [0, 0.1) is 0 Å². The molecule has 31 heavy (non-hydrogen) atoms. The predicted octanol–water partition coefficient (Wildman–Crippen LogP) is 3.37. The Morgan fingerprint density at radius 2 is 1.87 bits per heavy atom. The Bertz CT molecular complexity index is 1150. The lowest BCUT2D eigenvalue weighted by Crippen LogP contribution is -2.28. The topological polar surface area (TPSA) is 94.8 Å². The molecule has 0 fully saturated rings. The first kappa shape index (κ1) is 22.0. The maximum Gasteiger partial charge on any atom is 0.292 e. The number of aryl methyl sites for hydroxylation is 1. The summed E-state index contributed by atoms with van der Waals surface area (Å²) in [5.41, 5.74) is 3.15. The minimum absolute atomic E-state index is 0.146. The van der Waals surface area contributed by atoms with E-state index in [2.05, 4.69) is 15.6 Å². The van der Waals surface area contributed by atoms with Gasteiger partial charge in [-0.1, -0.05) is 25.1 Å². The van der Waals surface area contributed by atoms with Gasteiger partial charge in [0, 0.05) is 11.9 Å². The van der Waals surface area contributed by atoms with Crippen molar-refractivity contribution in [2.45, 2.75) is 33.7 Å². The van der Waals surface area contributed by atoms with Crippen molar-refractivity contribution in [3.63, 3.8) is 0 Å². The van der Waals surface area contributed by atoms with Crippen LogP contribution in [0.25, 0.3) is 10.8 Å². The highest BCUT2D eigenvalue weighted by atomic mass is 16.5. The number of hydrogen-bond donors (Lipinski definition) is 1. The zero-order chi connectivity index (χ0) is 22.2. The van der Waals surface area contributed by atoms with Gasteiger partial charge < -0.3 is 9.47 Å². The van der Waals surface area contributed by atoms with Crippen LogP contribution in [0.2, 0.25) is 0 Å². The van der Waals surface area contributed by atoms with E-state index >= 15 is 0 Å². The van der Waals surface area contributed by atoms with Crippen LogP contribution in [0.4, 0.5) is 0 Å². The molecule has 1 N–H and O–H groups in total. The number of amides is 1. The molecular formula is C23H26N4O4. The number of carbonyl (C=O) groups excluding carboxylic acids is 1. The molecule has 0 bridgehead atoms. The zero-order valence-electron chi connectivity index (χ0n) is 17.9. The standard InChI is InChI=1S/C23H26N4O4/c1-4-13-31-19-12-11-16(14-20(19)30-6-3)15-24-25-22(28)21-17-9-7-8-10-18(17)23(29)27(5-2)26-21/h7-12,14-15H,4-6,13H2,1-3H3,(H,25,28)/b24-15-. The van der Waals surface area contributed by atoms with Gasteiger partial charge in [0.15, 0.2) is 17.2 Å². The van der Waals surface area contributed by atoms with Crippen molar-refractivity contribution >= 4 is 22.9 Å². The van der Waals surface area contributed by atoms with Gasteiger partial charge in [-0.15, -0.1) is 0 Å². The van der Waals surface area contributed by atoms with Gasteiger partial charge in [-0.25, -0.2) is 10.1 Å². The average Bonchev–Trinajstić information content (AvgIpc) is 2.79. The van der Waals surface area contributed by atoms with E-state index in [4.69, 9.17) is 9.47 Å². The summed E-state index contributed by atoms with van der Waals surface area (Å²) in [5.74, 6) is 0.791. The summed E-state index contributed by atoms with van der Waals surface area (Å²) in [6.45, 7) is 7.20. The van der Waals surface area contributed by atoms with E-state index < -0.39 is 5.91 Å². The Hall–Kier alpha value is -3.68. The monoisotopic (exact) mass is 422 g/mol. The Kier molecular flexibility index (Phi) is 7.37. The van der Waals surface area contributed by atoms with E-state index in [9.17, 15) is 9.59 Å². The third-order valence-electron chi connectivity index (χ3n) is 4.49. The summed E-state index contributed by atoms with van der Waals surface area (Å²) in [5, 5.41) is 9.18. The van der Waals surface area contributed by atoms with Crippen molar-refractivity contribution in [3.05, 3.63) is 64.1 Å². The quantitative estimate of drug-likeness (QED) is 0.421. The third kappa shape index (κ3) is 5.09. The first-order valence-electron chi connectivity index (χ1n) is 10.3. The number of hydrazone groups is 1. The molecular weight excluding hydrogens is 396 g/mol. The van der Waals surface area contributed by atoms with Crippen LogP contribution in [-0.4, -0.2) is 35.1 Å². The number of aromatic nitrogens is 2. The number of rotatable bonds is 9. The van der Waals surface area contributed by atoms with Crippen LogP contribution < -0.4 is 20.5 Å². The molecule has 0 unspecified atom stereocenters. The van der Waals surface area contributed by atoms with Crippen LogP contribution in [0.1, 0.15) is 43.2 Å². The van der Waals surface area contributed by atoms with Gasteiger partial charge >= 0.3 is 0 Å². The molecule has 1 amide bonds. The van der Waals surface area contributed by atoms with Gasteiger partial charge in [-0.3, -0.25) is 9.59 Å². The van der Waals surface area contributed by atoms with Gasteiger partial charge in [0.25, 0.3) is 11.5 Å². The first-order valence-corrected chi connectivity index (χ1v) is 10.3. The molecule has 0 aliphatic rings. The van der Waals surface area contributed by atoms with Crippen molar-refractivity contribution in [1.29, 1.82) is 0 Å². The van der Waals surface area contributed by atoms with E-state index in [1.54, 1.807) is 37.3 Å². The number of hydrogen-bond acceptors (Lipinski definition) is 6. The maximum absolute atomic E-state index is 12.7. The molecule has 0 spiro atoms. The van der Waals surface area contributed by atoms with E-state index in [0.717, 1.165) is 12.0 Å². The van der Waals surface area contributed by atoms with Gasteiger partial charge in [0.2, 0.25) is 0 Å². The van der Waals surface area contributed by atoms with Crippen LogP contribution in [0.3, 0.4) is 0 Å². The maximum atomic E-state index is 12.7. The number of ether oxygens (including phenoxy) is 2. The molecule has 0 atom stereocenters. The first-order chi connectivity index (χ1) is 15.1. The number of nitrogens with one attached hydrogen (secondary N) is 1. The second kappa shape index (κ2) is 10.4. The molecule has 8 heteroatoms. The highest BCUT2D eigenvalue weighted by molar-refractivity contribution is 6.04. The smallest absolute Gasteiger partial charge is 0.292 e. The van der Waals surface area contributed by atoms with Crippen molar-refractivity contribution in [3.8, 4) is 11.5 Å². The van der Waals surface area contributed by atoms with Gasteiger partial charge in [0.1, 0.15) is 0 Å². The van der Waals surface area contributed by atoms with Crippen LogP contribution in [0.5, 0.6) is 11.5 Å². The molecule has 3 rings (SSSR count). The molecule has 1 heterocycles. The molecule has 0 aliphatic carbocycles. The highest BCUT2D eigenvalue weighted by Crippen LogP contribution is 2.28. The minimum Gasteiger partial charge on any atom is -0.490 e. The molecule has 0 saturated heterocycles. The molecule has 2 aromatic carbocycles. The molecule has 0 saturated carbocycles. The number of fused-ring (bicyclic) bond motifs is 1. The fourth-order valence-corrected chi connectivity index (χ4v) is 3.04. The second-order valence-electron chi connectivity index (χ2n) is 6.70. The molecule has 0 aliphatic heterocycles. The molecule has 0 radical (unpaired) electrons. The Morgan fingerprint density at radius 3 is 2.58 bits per heavy atom. The summed E-state index contributed by atoms with van der Waals surface area (Å²) >= 11 is 0. The summed E-state index contributed by atoms with van der Waals surface area (Å²) in [7, 11) is 0. The summed E-state index contributed by atoms with van der Waals surface area (Å²) in [6.07, 6.45) is 2.41. The van der Waals surface area contributed by atoms with E-state index in [-0.39, 0.29) is 11.3 Å². The molecule has 8 nitrogen and oxygen atoms in total. The van der Waals surface area contributed by atoms with Gasteiger partial charge in [-0.05, 0) is 50.1 Å². The van der Waals surface area contributed by atoms with Crippen molar-refractivity contribution in [2.24, 2.45) is 5.10 Å². The number of carbonyl (C=O) groups is 1. The van der Waals surface area contributed by atoms with E-state index in [1.165, 1.54) is 10.9 Å². The van der Waals surface area contributed by atoms with Crippen molar-refractivity contribution < 1.29 is 14.3 Å². The summed E-state index contributed by atoms with van der Waals surface area (Å²) in [6, 6.07) is 12.3. The average molecular weight is 422 g/mol. The normalized spacial score (nSPS) is 11.1. The minimum atomic E-state index is -0.498. The largest absolute Gasteiger partial charge is 0.490 e. The molecule has 3 aromatic rings. The van der Waals surface area contributed by atoms with Crippen LogP contribution >= 0.6 is 0 Å². The fourth-order valence-electron chi connectivity index (χ4n) is 3.04. The SMILES string of the molecule is CCCOc1ccc(/C=N\NC(=O)c2nn(CC)c(=O)c3ccccc23)cc1OCC. The Labute approximate surface area is 180 Å². The lowest BCUT2D eigenvalue weighted by atomic mass is 10.1. The van der Waals surface area contributed by atoms with E-state index in [1.807, 2.05) is 26.0 Å². The third-order valence-corrected chi connectivity index (χ3v) is 4.49. The Morgan fingerprint density at radius 1 is 1.10 bits per heavy atom. The van der Waals surface area contributed by atoms with Gasteiger partial charge in [-0.2, -0.15) is 10.2 Å². The number of benzene rings is 2. The van der Waals surface area contributed by atoms with Crippen LogP contribution in [0.15, 0.2) is 52.4 Å². The lowest BCUT2D eigenvalue weighted by molar-refractivity contribution is 0.0949. The predicted molar refractivity (Wildman–Crippen MR) is 120 cm³/mol. The van der Waals surface area contributed by atoms with Crippen molar-refractivity contribution in [2.75, 3.05) is 13.2 Å². The van der Waals surface area contributed by atoms with Gasteiger partial charge in [0.05, 0.1) is 24.8 Å². The fraction of sp³-hybridized carbons (Fsp3) is 0.304. The Balaban J connectivity index is 1.82. The van der Waals surface area contributed by atoms with E-state index in [0.29, 0.717) is 42.0 Å². The lowest BCUT2D eigenvalue weighted by Gasteiger charge is -2.11. The number of nitrogens with zero attached hydrogens (tertiary/aromatic N) is 3. The van der Waals surface area contributed by atoms with Crippen LogP contribution in [-0.2, 0) is 6.54 Å². The summed E-state index contributed by atoms with van der Waals surface area (Å²) in [4.78, 5) is 25.2. The second-order valence-corrected chi connectivity index (χ2v) is 6.70. The molecule has 162 valence electrons. The highest BCUT2D eigenvalue weighted by Gasteiger charge is 2.15. The molecule has 1 aromatic heterocycles. The zero-order valence-corrected chi connectivity index (χ0v) is 17.9. The van der Waals surface area contributed by atoms with Crippen molar-refractivity contribution in [1.82, 2.24) is 15.2 Å². The summed E-state index contributed by atoms with van der Waals surface area (Å²) < 4.78 is 12.6.